The molecule has 0 bridgehead atoms. The molecule has 22 heavy (non-hydrogen) atoms. The Morgan fingerprint density at radius 1 is 1.18 bits per heavy atom. The average molecular weight is 325 g/mol. The van der Waals surface area contributed by atoms with Crippen LogP contribution in [-0.4, -0.2) is 22.2 Å². The van der Waals surface area contributed by atoms with Gasteiger partial charge in [-0.05, 0) is 42.4 Å². The van der Waals surface area contributed by atoms with Gasteiger partial charge < -0.3 is 10.2 Å². The summed E-state index contributed by atoms with van der Waals surface area (Å²) < 4.78 is 0. The van der Waals surface area contributed by atoms with Crippen LogP contribution in [0.4, 0.5) is 0 Å². The first-order valence-corrected chi connectivity index (χ1v) is 8.10. The van der Waals surface area contributed by atoms with Crippen molar-refractivity contribution >= 4 is 23.5 Å². The van der Waals surface area contributed by atoms with E-state index in [4.69, 9.17) is 16.7 Å². The van der Waals surface area contributed by atoms with Crippen molar-refractivity contribution in [3.05, 3.63) is 34.3 Å². The second-order valence-corrected chi connectivity index (χ2v) is 6.35. The maximum absolute atomic E-state index is 11.4. The molecular weight excluding hydrogens is 304 g/mol. The number of benzene rings is 1. The standard InChI is InChI=1S/C17H21ClO4/c18-15-10-12(14(17(21)22)8-9-16(19)20)6-7-13(15)11-4-2-1-3-5-11/h6-7,10-11,14H,1-5,8-9H2,(H,19,20)(H,21,22). The molecule has 1 aliphatic rings. The van der Waals surface area contributed by atoms with Gasteiger partial charge in [0.15, 0.2) is 0 Å². The third kappa shape index (κ3) is 4.23. The van der Waals surface area contributed by atoms with Crippen molar-refractivity contribution in [3.8, 4) is 0 Å². The number of hydrogen-bond acceptors (Lipinski definition) is 2. The molecule has 0 aromatic heterocycles. The number of aliphatic carboxylic acids is 2. The van der Waals surface area contributed by atoms with Crippen molar-refractivity contribution in [2.75, 3.05) is 0 Å². The smallest absolute Gasteiger partial charge is 0.310 e. The minimum absolute atomic E-state index is 0.0732. The molecule has 1 aromatic carbocycles. The van der Waals surface area contributed by atoms with E-state index in [0.29, 0.717) is 16.5 Å². The van der Waals surface area contributed by atoms with Gasteiger partial charge in [0.25, 0.3) is 0 Å². The van der Waals surface area contributed by atoms with Gasteiger partial charge in [0.05, 0.1) is 5.92 Å². The molecule has 5 heteroatoms. The summed E-state index contributed by atoms with van der Waals surface area (Å²) in [6, 6.07) is 5.41. The summed E-state index contributed by atoms with van der Waals surface area (Å²) in [4.78, 5) is 22.0. The van der Waals surface area contributed by atoms with Crippen molar-refractivity contribution < 1.29 is 19.8 Å². The number of halogens is 1. The molecule has 2 N–H and O–H groups in total. The summed E-state index contributed by atoms with van der Waals surface area (Å²) in [5, 5.41) is 18.7. The molecule has 1 aliphatic carbocycles. The summed E-state index contributed by atoms with van der Waals surface area (Å²) in [6.07, 6.45) is 5.84. The van der Waals surface area contributed by atoms with E-state index in [1.165, 1.54) is 19.3 Å². The fraction of sp³-hybridized carbons (Fsp3) is 0.529. The molecule has 0 amide bonds. The van der Waals surface area contributed by atoms with E-state index in [1.807, 2.05) is 6.07 Å². The lowest BCUT2D eigenvalue weighted by molar-refractivity contribution is -0.140. The first kappa shape index (κ1) is 16.8. The molecule has 1 fully saturated rings. The number of hydrogen-bond donors (Lipinski definition) is 2. The van der Waals surface area contributed by atoms with E-state index in [0.717, 1.165) is 18.4 Å². The van der Waals surface area contributed by atoms with Crippen LogP contribution in [0.15, 0.2) is 18.2 Å². The Morgan fingerprint density at radius 3 is 2.41 bits per heavy atom. The quantitative estimate of drug-likeness (QED) is 0.812. The van der Waals surface area contributed by atoms with Crippen LogP contribution in [0.3, 0.4) is 0 Å². The van der Waals surface area contributed by atoms with E-state index in [2.05, 4.69) is 0 Å². The third-order valence-electron chi connectivity index (χ3n) is 4.42. The topological polar surface area (TPSA) is 74.6 Å². The van der Waals surface area contributed by atoms with Crippen LogP contribution in [0.2, 0.25) is 5.02 Å². The maximum atomic E-state index is 11.4. The zero-order valence-corrected chi connectivity index (χ0v) is 13.2. The largest absolute Gasteiger partial charge is 0.481 e. The van der Waals surface area contributed by atoms with Crippen LogP contribution in [0.25, 0.3) is 0 Å². The molecule has 4 nitrogen and oxygen atoms in total. The first-order valence-electron chi connectivity index (χ1n) is 7.73. The van der Waals surface area contributed by atoms with E-state index >= 15 is 0 Å². The van der Waals surface area contributed by atoms with Crippen LogP contribution in [-0.2, 0) is 9.59 Å². The van der Waals surface area contributed by atoms with Crippen molar-refractivity contribution in [2.24, 2.45) is 0 Å². The summed E-state index contributed by atoms with van der Waals surface area (Å²) >= 11 is 6.36. The monoisotopic (exact) mass is 324 g/mol. The lowest BCUT2D eigenvalue weighted by Gasteiger charge is -2.23. The minimum atomic E-state index is -1.01. The molecule has 1 saturated carbocycles. The van der Waals surface area contributed by atoms with Gasteiger partial charge in [-0.25, -0.2) is 0 Å². The normalized spacial score (nSPS) is 17.1. The summed E-state index contributed by atoms with van der Waals surface area (Å²) in [5.74, 6) is -2.37. The number of rotatable bonds is 6. The highest BCUT2D eigenvalue weighted by Crippen LogP contribution is 2.37. The van der Waals surface area contributed by atoms with E-state index in [9.17, 15) is 14.7 Å². The molecule has 1 aromatic rings. The van der Waals surface area contributed by atoms with Crippen molar-refractivity contribution in [3.63, 3.8) is 0 Å². The molecule has 0 spiro atoms. The molecule has 120 valence electrons. The molecular formula is C17H21ClO4. The summed E-state index contributed by atoms with van der Waals surface area (Å²) in [6.45, 7) is 0. The van der Waals surface area contributed by atoms with Gasteiger partial charge in [-0.3, -0.25) is 9.59 Å². The fourth-order valence-electron chi connectivity index (χ4n) is 3.21. The zero-order valence-electron chi connectivity index (χ0n) is 12.4. The second-order valence-electron chi connectivity index (χ2n) is 5.94. The van der Waals surface area contributed by atoms with E-state index in [1.54, 1.807) is 12.1 Å². The third-order valence-corrected chi connectivity index (χ3v) is 4.74. The highest BCUT2D eigenvalue weighted by atomic mass is 35.5. The van der Waals surface area contributed by atoms with Gasteiger partial charge in [-0.1, -0.05) is 43.0 Å². The molecule has 1 unspecified atom stereocenters. The lowest BCUT2D eigenvalue weighted by Crippen LogP contribution is -2.14. The van der Waals surface area contributed by atoms with Gasteiger partial charge in [0, 0.05) is 11.4 Å². The van der Waals surface area contributed by atoms with Crippen molar-refractivity contribution in [1.29, 1.82) is 0 Å². The molecule has 1 atom stereocenters. The van der Waals surface area contributed by atoms with Gasteiger partial charge in [0.2, 0.25) is 0 Å². The average Bonchev–Trinajstić information content (AvgIpc) is 2.48. The predicted octanol–water partition coefficient (Wildman–Crippen LogP) is 4.42. The van der Waals surface area contributed by atoms with Crippen LogP contribution in [0.1, 0.15) is 67.9 Å². The fourth-order valence-corrected chi connectivity index (χ4v) is 3.55. The van der Waals surface area contributed by atoms with Gasteiger partial charge in [-0.2, -0.15) is 0 Å². The summed E-state index contributed by atoms with van der Waals surface area (Å²) in [7, 11) is 0. The van der Waals surface area contributed by atoms with Crippen molar-refractivity contribution in [2.45, 2.75) is 56.8 Å². The summed E-state index contributed by atoms with van der Waals surface area (Å²) in [5.41, 5.74) is 1.67. The molecule has 0 heterocycles. The Kier molecular flexibility index (Phi) is 5.83. The SMILES string of the molecule is O=C(O)CCC(C(=O)O)c1ccc(C2CCCCC2)c(Cl)c1. The van der Waals surface area contributed by atoms with E-state index in [-0.39, 0.29) is 12.8 Å². The van der Waals surface area contributed by atoms with Crippen molar-refractivity contribution in [1.82, 2.24) is 0 Å². The number of carboxylic acid groups (broad SMARTS) is 2. The molecule has 0 radical (unpaired) electrons. The minimum Gasteiger partial charge on any atom is -0.481 e. The Morgan fingerprint density at radius 2 is 1.86 bits per heavy atom. The van der Waals surface area contributed by atoms with Gasteiger partial charge >= 0.3 is 11.9 Å². The predicted molar refractivity (Wildman–Crippen MR) is 84.5 cm³/mol. The van der Waals surface area contributed by atoms with Crippen LogP contribution >= 0.6 is 11.6 Å². The second kappa shape index (κ2) is 7.63. The Bertz CT molecular complexity index is 550. The molecule has 0 aliphatic heterocycles. The Hall–Kier alpha value is -1.55. The van der Waals surface area contributed by atoms with Crippen LogP contribution in [0.5, 0.6) is 0 Å². The zero-order chi connectivity index (χ0) is 16.1. The van der Waals surface area contributed by atoms with Crippen LogP contribution < -0.4 is 0 Å². The number of carboxylic acids is 2. The molecule has 0 saturated heterocycles. The van der Waals surface area contributed by atoms with E-state index < -0.39 is 17.9 Å². The highest BCUT2D eigenvalue weighted by molar-refractivity contribution is 6.31. The van der Waals surface area contributed by atoms with Gasteiger partial charge in [-0.15, -0.1) is 0 Å². The molecule has 2 rings (SSSR count). The lowest BCUT2D eigenvalue weighted by atomic mass is 9.83. The van der Waals surface area contributed by atoms with Gasteiger partial charge in [0.1, 0.15) is 0 Å². The highest BCUT2D eigenvalue weighted by Gasteiger charge is 2.23. The Labute approximate surface area is 135 Å². The maximum Gasteiger partial charge on any atom is 0.310 e. The first-order chi connectivity index (χ1) is 10.5. The number of carbonyl (C=O) groups is 2. The Balaban J connectivity index is 2.18. The van der Waals surface area contributed by atoms with Crippen LogP contribution in [0, 0.1) is 0 Å².